The first kappa shape index (κ1) is 17.5. The highest BCUT2D eigenvalue weighted by molar-refractivity contribution is 7.99. The van der Waals surface area contributed by atoms with Gasteiger partial charge in [-0.15, -0.1) is 0 Å². The average molecular weight is 398 g/mol. The molecule has 25 heavy (non-hydrogen) atoms. The minimum atomic E-state index is -0.305. The number of halogens is 2. The zero-order chi connectivity index (χ0) is 17.4. The number of nitrogens with zero attached hydrogens (tertiary/aromatic N) is 1. The molecule has 0 radical (unpaired) electrons. The van der Waals surface area contributed by atoms with E-state index in [1.54, 1.807) is 30.1 Å². The van der Waals surface area contributed by atoms with Gasteiger partial charge in [-0.2, -0.15) is 5.10 Å². The Kier molecular flexibility index (Phi) is 4.91. The van der Waals surface area contributed by atoms with Gasteiger partial charge in [-0.3, -0.25) is 4.72 Å². The summed E-state index contributed by atoms with van der Waals surface area (Å²) in [6, 6.07) is 4.93. The fourth-order valence-corrected chi connectivity index (χ4v) is 6.93. The lowest BCUT2D eigenvalue weighted by atomic mass is 9.56. The Balaban J connectivity index is 1.31. The number of benzene rings is 1. The summed E-state index contributed by atoms with van der Waals surface area (Å²) in [5.41, 5.74) is 3.10. The maximum absolute atomic E-state index is 12.1. The summed E-state index contributed by atoms with van der Waals surface area (Å²) in [4.78, 5) is 12.1. The second-order valence-electron chi connectivity index (χ2n) is 7.64. The molecule has 134 valence electrons. The van der Waals surface area contributed by atoms with E-state index in [1.165, 1.54) is 44.7 Å². The fourth-order valence-electron chi connectivity index (χ4n) is 5.12. The lowest BCUT2D eigenvalue weighted by Crippen LogP contribution is -2.50. The molecule has 4 nitrogen and oxygen atoms in total. The van der Waals surface area contributed by atoms with Crippen LogP contribution in [-0.2, 0) is 0 Å². The molecule has 4 aliphatic rings. The number of hydrogen-bond donors (Lipinski definition) is 2. The number of urea groups is 1. The molecule has 4 aliphatic carbocycles. The third kappa shape index (κ3) is 3.79. The molecule has 4 saturated carbocycles. The first-order chi connectivity index (χ1) is 12.0. The molecule has 0 aliphatic heterocycles. The third-order valence-corrected chi connectivity index (χ3v) is 7.58. The Labute approximate surface area is 162 Å². The molecule has 4 fully saturated rings. The van der Waals surface area contributed by atoms with E-state index in [9.17, 15) is 4.79 Å². The van der Waals surface area contributed by atoms with E-state index in [4.69, 9.17) is 23.2 Å². The Hall–Kier alpha value is -0.910. The average Bonchev–Trinajstić information content (AvgIpc) is 2.54. The predicted octanol–water partition coefficient (Wildman–Crippen LogP) is 5.24. The van der Waals surface area contributed by atoms with E-state index in [0.717, 1.165) is 17.8 Å². The molecule has 0 spiro atoms. The normalized spacial score (nSPS) is 33.0. The van der Waals surface area contributed by atoms with Crippen molar-refractivity contribution in [3.63, 3.8) is 0 Å². The van der Waals surface area contributed by atoms with Crippen LogP contribution in [0.5, 0.6) is 0 Å². The molecule has 0 saturated heterocycles. The molecule has 1 aromatic rings. The van der Waals surface area contributed by atoms with Crippen molar-refractivity contribution in [2.45, 2.75) is 43.3 Å². The molecule has 2 N–H and O–H groups in total. The predicted molar refractivity (Wildman–Crippen MR) is 104 cm³/mol. The van der Waals surface area contributed by atoms with Crippen LogP contribution in [0.15, 0.2) is 23.3 Å². The minimum absolute atomic E-state index is 0.238. The van der Waals surface area contributed by atoms with Crippen molar-refractivity contribution in [1.29, 1.82) is 0 Å². The van der Waals surface area contributed by atoms with Crippen molar-refractivity contribution < 1.29 is 4.79 Å². The standard InChI is InChI=1S/C18H21Cl2N3OS/c19-15-2-1-3-16(20)14(15)10-21-22-17(24)23-25-18-7-11-4-12(8-18)6-13(5-11)9-18/h1-3,10-13H,4-9H2,(H2,22,23,24)/b21-10+. The Morgan fingerprint density at radius 3 is 2.24 bits per heavy atom. The van der Waals surface area contributed by atoms with Crippen LogP contribution in [0.1, 0.15) is 44.1 Å². The highest BCUT2D eigenvalue weighted by atomic mass is 35.5. The summed E-state index contributed by atoms with van der Waals surface area (Å²) in [5.74, 6) is 2.59. The summed E-state index contributed by atoms with van der Waals surface area (Å²) in [7, 11) is 0. The van der Waals surface area contributed by atoms with E-state index in [0.29, 0.717) is 15.6 Å². The summed E-state index contributed by atoms with van der Waals surface area (Å²) < 4.78 is 3.18. The van der Waals surface area contributed by atoms with Gasteiger partial charge in [0, 0.05) is 10.3 Å². The summed E-state index contributed by atoms with van der Waals surface area (Å²) in [5, 5.41) is 4.96. The van der Waals surface area contributed by atoms with E-state index in [-0.39, 0.29) is 10.8 Å². The number of carbonyl (C=O) groups is 1. The van der Waals surface area contributed by atoms with Gasteiger partial charge < -0.3 is 0 Å². The van der Waals surface area contributed by atoms with Crippen molar-refractivity contribution in [2.75, 3.05) is 0 Å². The van der Waals surface area contributed by atoms with Gasteiger partial charge in [-0.25, -0.2) is 10.2 Å². The number of carbonyl (C=O) groups excluding carboxylic acids is 1. The summed E-state index contributed by atoms with van der Waals surface area (Å²) >= 11 is 13.8. The lowest BCUT2D eigenvalue weighted by molar-refractivity contribution is 0.0381. The highest BCUT2D eigenvalue weighted by Crippen LogP contribution is 2.59. The zero-order valence-corrected chi connectivity index (χ0v) is 16.1. The molecule has 2 amide bonds. The van der Waals surface area contributed by atoms with E-state index >= 15 is 0 Å². The highest BCUT2D eigenvalue weighted by Gasteiger charge is 2.51. The van der Waals surface area contributed by atoms with Gasteiger partial charge >= 0.3 is 6.03 Å². The molecule has 4 bridgehead atoms. The van der Waals surface area contributed by atoms with Crippen molar-refractivity contribution in [3.05, 3.63) is 33.8 Å². The smallest absolute Gasteiger partial charge is 0.280 e. The van der Waals surface area contributed by atoms with Gasteiger partial charge in [0.2, 0.25) is 0 Å². The molecular formula is C18H21Cl2N3OS. The number of rotatable bonds is 4. The zero-order valence-electron chi connectivity index (χ0n) is 13.8. The molecule has 0 atom stereocenters. The number of nitrogens with one attached hydrogen (secondary N) is 2. The second kappa shape index (κ2) is 7.01. The number of amides is 2. The van der Waals surface area contributed by atoms with Crippen molar-refractivity contribution in [3.8, 4) is 0 Å². The number of hydrazone groups is 1. The van der Waals surface area contributed by atoms with Crippen LogP contribution >= 0.6 is 35.1 Å². The summed E-state index contributed by atoms with van der Waals surface area (Å²) in [6.45, 7) is 0. The second-order valence-corrected chi connectivity index (χ2v) is 9.73. The minimum Gasteiger partial charge on any atom is -0.280 e. The topological polar surface area (TPSA) is 53.5 Å². The molecule has 7 heteroatoms. The monoisotopic (exact) mass is 397 g/mol. The Bertz CT molecular complexity index is 654. The van der Waals surface area contributed by atoms with Crippen molar-refractivity contribution >= 4 is 47.4 Å². The van der Waals surface area contributed by atoms with Gasteiger partial charge in [0.1, 0.15) is 0 Å². The molecular weight excluding hydrogens is 377 g/mol. The third-order valence-electron chi connectivity index (χ3n) is 5.70. The van der Waals surface area contributed by atoms with Gasteiger partial charge in [-0.1, -0.05) is 29.3 Å². The van der Waals surface area contributed by atoms with Gasteiger partial charge in [0.25, 0.3) is 0 Å². The quantitative estimate of drug-likeness (QED) is 0.414. The maximum atomic E-state index is 12.1. The van der Waals surface area contributed by atoms with E-state index in [1.807, 2.05) is 0 Å². The van der Waals surface area contributed by atoms with Gasteiger partial charge in [0.05, 0.1) is 16.3 Å². The first-order valence-corrected chi connectivity index (χ1v) is 10.3. The van der Waals surface area contributed by atoms with Crippen LogP contribution in [0.2, 0.25) is 10.0 Å². The fraction of sp³-hybridized carbons (Fsp3) is 0.556. The van der Waals surface area contributed by atoms with Crippen LogP contribution in [0.25, 0.3) is 0 Å². The molecule has 1 aromatic carbocycles. The van der Waals surface area contributed by atoms with Crippen LogP contribution in [0, 0.1) is 17.8 Å². The van der Waals surface area contributed by atoms with Gasteiger partial charge in [-0.05, 0) is 80.4 Å². The molecule has 0 unspecified atom stereocenters. The van der Waals surface area contributed by atoms with E-state index < -0.39 is 0 Å². The van der Waals surface area contributed by atoms with Gasteiger partial charge in [0.15, 0.2) is 0 Å². The summed E-state index contributed by atoms with van der Waals surface area (Å²) in [6.07, 6.45) is 9.38. The van der Waals surface area contributed by atoms with Crippen molar-refractivity contribution in [1.82, 2.24) is 10.1 Å². The van der Waals surface area contributed by atoms with Crippen LogP contribution in [0.4, 0.5) is 4.79 Å². The van der Waals surface area contributed by atoms with Crippen LogP contribution in [0.3, 0.4) is 0 Å². The largest absolute Gasteiger partial charge is 0.345 e. The van der Waals surface area contributed by atoms with Crippen molar-refractivity contribution in [2.24, 2.45) is 22.9 Å². The Morgan fingerprint density at radius 2 is 1.68 bits per heavy atom. The number of hydrogen-bond acceptors (Lipinski definition) is 3. The van der Waals surface area contributed by atoms with E-state index in [2.05, 4.69) is 15.2 Å². The SMILES string of the molecule is O=C(N/N=C/c1c(Cl)cccc1Cl)NSC12CC3CC(CC(C3)C1)C2. The maximum Gasteiger partial charge on any atom is 0.345 e. The lowest BCUT2D eigenvalue weighted by Gasteiger charge is -2.56. The molecule has 5 rings (SSSR count). The first-order valence-electron chi connectivity index (χ1n) is 8.74. The molecule has 0 aromatic heterocycles. The molecule has 0 heterocycles. The van der Waals surface area contributed by atoms with Crippen LogP contribution < -0.4 is 10.1 Å². The van der Waals surface area contributed by atoms with Crippen LogP contribution in [-0.4, -0.2) is 17.0 Å². The Morgan fingerprint density at radius 1 is 1.12 bits per heavy atom.